The van der Waals surface area contributed by atoms with Crippen LogP contribution in [-0.4, -0.2) is 45.4 Å². The van der Waals surface area contributed by atoms with Crippen LogP contribution in [-0.2, 0) is 16.0 Å². The van der Waals surface area contributed by atoms with Gasteiger partial charge in [0.25, 0.3) is 0 Å². The Hall–Kier alpha value is -1.50. The van der Waals surface area contributed by atoms with Gasteiger partial charge in [-0.15, -0.1) is 10.2 Å². The van der Waals surface area contributed by atoms with Gasteiger partial charge < -0.3 is 9.84 Å². The zero-order valence-electron chi connectivity index (χ0n) is 9.22. The van der Waals surface area contributed by atoms with Gasteiger partial charge in [0.1, 0.15) is 0 Å². The fraction of sp³-hybridized carbons (Fsp3) is 0.778. The molecule has 0 bridgehead atoms. The van der Waals surface area contributed by atoms with Gasteiger partial charge in [0.05, 0.1) is 5.92 Å². The lowest BCUT2D eigenvalue weighted by Crippen LogP contribution is -2.17. The number of hydrogen-bond acceptors (Lipinski definition) is 5. The average Bonchev–Trinajstić information content (AvgIpc) is 2.75. The van der Waals surface area contributed by atoms with Crippen molar-refractivity contribution in [2.24, 2.45) is 5.92 Å². The van der Waals surface area contributed by atoms with Crippen LogP contribution in [0, 0.1) is 5.92 Å². The summed E-state index contributed by atoms with van der Waals surface area (Å²) < 4.78 is 4.90. The van der Waals surface area contributed by atoms with Gasteiger partial charge in [0.2, 0.25) is 0 Å². The number of ether oxygens (including phenoxy) is 1. The Morgan fingerprint density at radius 2 is 2.38 bits per heavy atom. The minimum atomic E-state index is -0.817. The van der Waals surface area contributed by atoms with E-state index in [9.17, 15) is 4.79 Å². The third-order valence-electron chi connectivity index (χ3n) is 2.32. The molecular weight excluding hydrogens is 212 g/mol. The number of hydrogen-bond donors (Lipinski definition) is 2. The van der Waals surface area contributed by atoms with Crippen molar-refractivity contribution in [3.8, 4) is 0 Å². The maximum absolute atomic E-state index is 11.0. The first-order valence-corrected chi connectivity index (χ1v) is 5.18. The highest BCUT2D eigenvalue weighted by molar-refractivity contribution is 5.70. The number of tetrazole rings is 1. The lowest BCUT2D eigenvalue weighted by Gasteiger charge is -2.09. The summed E-state index contributed by atoms with van der Waals surface area (Å²) in [4.78, 5) is 11.0. The smallest absolute Gasteiger partial charge is 0.306 e. The molecule has 0 radical (unpaired) electrons. The van der Waals surface area contributed by atoms with Crippen LogP contribution in [0.25, 0.3) is 0 Å². The number of aliphatic carboxylic acids is 1. The Bertz CT molecular complexity index is 302. The molecule has 16 heavy (non-hydrogen) atoms. The predicted molar refractivity (Wildman–Crippen MR) is 54.7 cm³/mol. The summed E-state index contributed by atoms with van der Waals surface area (Å²) in [6.45, 7) is 0.661. The monoisotopic (exact) mass is 228 g/mol. The lowest BCUT2D eigenvalue weighted by atomic mass is 9.98. The maximum Gasteiger partial charge on any atom is 0.306 e. The molecule has 7 nitrogen and oxygen atoms in total. The molecule has 0 aromatic carbocycles. The molecule has 0 spiro atoms. The summed E-state index contributed by atoms with van der Waals surface area (Å²) in [6.07, 6.45) is 2.61. The number of methoxy groups -OCH3 is 1. The Morgan fingerprint density at radius 1 is 1.56 bits per heavy atom. The van der Waals surface area contributed by atoms with Crippen molar-refractivity contribution >= 4 is 5.97 Å². The SMILES string of the molecule is COCCCC[C@@H](Cc1nn[nH]n1)C(=O)O. The summed E-state index contributed by atoms with van der Waals surface area (Å²) in [5.41, 5.74) is 0. The Morgan fingerprint density at radius 3 is 2.94 bits per heavy atom. The number of carboxylic acids is 1. The van der Waals surface area contributed by atoms with E-state index >= 15 is 0 Å². The van der Waals surface area contributed by atoms with Crippen LogP contribution in [0.15, 0.2) is 0 Å². The van der Waals surface area contributed by atoms with Gasteiger partial charge in [-0.2, -0.15) is 5.21 Å². The van der Waals surface area contributed by atoms with Gasteiger partial charge in [-0.05, 0) is 12.8 Å². The molecule has 0 saturated carbocycles. The molecule has 0 unspecified atom stereocenters. The molecule has 0 amide bonds. The molecule has 1 heterocycles. The van der Waals surface area contributed by atoms with Gasteiger partial charge >= 0.3 is 5.97 Å². The molecule has 0 aliphatic heterocycles. The molecule has 0 fully saturated rings. The summed E-state index contributed by atoms with van der Waals surface area (Å²) in [5.74, 6) is -0.823. The van der Waals surface area contributed by atoms with Crippen molar-refractivity contribution in [1.82, 2.24) is 20.6 Å². The first kappa shape index (κ1) is 12.6. The summed E-state index contributed by atoms with van der Waals surface area (Å²) in [5, 5.41) is 22.2. The molecule has 0 aliphatic rings. The van der Waals surface area contributed by atoms with Crippen molar-refractivity contribution < 1.29 is 14.6 Å². The van der Waals surface area contributed by atoms with Crippen molar-refractivity contribution in [3.63, 3.8) is 0 Å². The Labute approximate surface area is 93.2 Å². The Kier molecular flexibility index (Phi) is 5.41. The van der Waals surface area contributed by atoms with Crippen LogP contribution in [0.3, 0.4) is 0 Å². The number of aromatic nitrogens is 4. The largest absolute Gasteiger partial charge is 0.481 e. The molecule has 1 aromatic rings. The van der Waals surface area contributed by atoms with Crippen molar-refractivity contribution in [2.45, 2.75) is 25.7 Å². The highest BCUT2D eigenvalue weighted by Crippen LogP contribution is 2.13. The molecule has 1 atom stereocenters. The van der Waals surface area contributed by atoms with E-state index in [2.05, 4.69) is 20.6 Å². The summed E-state index contributed by atoms with van der Waals surface area (Å²) in [6, 6.07) is 0. The van der Waals surface area contributed by atoms with Crippen molar-refractivity contribution in [2.75, 3.05) is 13.7 Å². The van der Waals surface area contributed by atoms with Crippen LogP contribution < -0.4 is 0 Å². The molecular formula is C9H16N4O3. The first-order valence-electron chi connectivity index (χ1n) is 5.18. The standard InChI is InChI=1S/C9H16N4O3/c1-16-5-3-2-4-7(9(14)15)6-8-10-12-13-11-8/h7H,2-6H2,1H3,(H,14,15)(H,10,11,12,13)/t7-/m0/s1. The topological polar surface area (TPSA) is 101 Å². The third-order valence-corrected chi connectivity index (χ3v) is 2.32. The third kappa shape index (κ3) is 4.35. The number of carboxylic acid groups (broad SMARTS) is 1. The fourth-order valence-corrected chi connectivity index (χ4v) is 1.44. The van der Waals surface area contributed by atoms with E-state index in [0.29, 0.717) is 25.3 Å². The van der Waals surface area contributed by atoms with Gasteiger partial charge in [-0.1, -0.05) is 11.6 Å². The average molecular weight is 228 g/mol. The van der Waals surface area contributed by atoms with Gasteiger partial charge in [0.15, 0.2) is 5.82 Å². The molecule has 2 N–H and O–H groups in total. The van der Waals surface area contributed by atoms with Crippen LogP contribution in [0.5, 0.6) is 0 Å². The second-order valence-electron chi connectivity index (χ2n) is 3.56. The van der Waals surface area contributed by atoms with Crippen molar-refractivity contribution in [1.29, 1.82) is 0 Å². The zero-order chi connectivity index (χ0) is 11.8. The molecule has 7 heteroatoms. The summed E-state index contributed by atoms with van der Waals surface area (Å²) >= 11 is 0. The molecule has 0 saturated heterocycles. The van der Waals surface area contributed by atoms with E-state index in [-0.39, 0.29) is 0 Å². The number of rotatable bonds is 8. The predicted octanol–water partition coefficient (Wildman–Crippen LogP) is 0.260. The number of nitrogens with zero attached hydrogens (tertiary/aromatic N) is 3. The molecule has 1 rings (SSSR count). The quantitative estimate of drug-likeness (QED) is 0.619. The molecule has 0 aliphatic carbocycles. The first-order chi connectivity index (χ1) is 7.74. The zero-order valence-corrected chi connectivity index (χ0v) is 9.22. The van der Waals surface area contributed by atoms with E-state index in [0.717, 1.165) is 12.8 Å². The fourth-order valence-electron chi connectivity index (χ4n) is 1.44. The van der Waals surface area contributed by atoms with Crippen LogP contribution in [0.1, 0.15) is 25.1 Å². The number of nitrogens with one attached hydrogen (secondary N) is 1. The van der Waals surface area contributed by atoms with Crippen LogP contribution >= 0.6 is 0 Å². The van der Waals surface area contributed by atoms with Crippen LogP contribution in [0.2, 0.25) is 0 Å². The lowest BCUT2D eigenvalue weighted by molar-refractivity contribution is -0.142. The van der Waals surface area contributed by atoms with E-state index in [4.69, 9.17) is 9.84 Å². The second-order valence-corrected chi connectivity index (χ2v) is 3.56. The number of aromatic amines is 1. The van der Waals surface area contributed by atoms with E-state index in [1.165, 1.54) is 0 Å². The van der Waals surface area contributed by atoms with E-state index in [1.54, 1.807) is 7.11 Å². The van der Waals surface area contributed by atoms with Crippen LogP contribution in [0.4, 0.5) is 0 Å². The van der Waals surface area contributed by atoms with E-state index < -0.39 is 11.9 Å². The minimum absolute atomic E-state index is 0.318. The molecule has 90 valence electrons. The Balaban J connectivity index is 2.33. The normalized spacial score (nSPS) is 12.6. The number of carbonyl (C=O) groups is 1. The minimum Gasteiger partial charge on any atom is -0.481 e. The van der Waals surface area contributed by atoms with Gasteiger partial charge in [0, 0.05) is 20.1 Å². The second kappa shape index (κ2) is 6.89. The number of H-pyrrole nitrogens is 1. The van der Waals surface area contributed by atoms with Gasteiger partial charge in [-0.3, -0.25) is 4.79 Å². The maximum atomic E-state index is 11.0. The van der Waals surface area contributed by atoms with Crippen molar-refractivity contribution in [3.05, 3.63) is 5.82 Å². The highest BCUT2D eigenvalue weighted by atomic mass is 16.5. The molecule has 1 aromatic heterocycles. The number of unbranched alkanes of at least 4 members (excludes halogenated alkanes) is 1. The highest BCUT2D eigenvalue weighted by Gasteiger charge is 2.19. The summed E-state index contributed by atoms with van der Waals surface area (Å²) in [7, 11) is 1.63. The van der Waals surface area contributed by atoms with E-state index in [1.807, 2.05) is 0 Å². The van der Waals surface area contributed by atoms with Gasteiger partial charge in [-0.25, -0.2) is 0 Å².